The zero-order chi connectivity index (χ0) is 26.7. The Balaban J connectivity index is 1.22. The Hall–Kier alpha value is -0.770. The van der Waals surface area contributed by atoms with Gasteiger partial charge in [0.2, 0.25) is 5.91 Å². The number of carbonyl (C=O) groups is 1. The molecule has 1 atom stereocenters. The molecule has 37 heavy (non-hydrogen) atoms. The number of amides is 1. The molecular weight excluding hydrogens is 466 g/mol. The highest BCUT2D eigenvalue weighted by atomic mass is 16.5. The van der Waals surface area contributed by atoms with Gasteiger partial charge in [-0.25, -0.2) is 0 Å². The summed E-state index contributed by atoms with van der Waals surface area (Å²) >= 11 is 0. The van der Waals surface area contributed by atoms with Gasteiger partial charge in [-0.2, -0.15) is 0 Å². The molecule has 3 rings (SSSR count). The van der Waals surface area contributed by atoms with E-state index in [0.29, 0.717) is 30.1 Å². The molecule has 2 aliphatic heterocycles. The fraction of sp³-hybridized carbons (Fsp3) is 0.966. The van der Waals surface area contributed by atoms with E-state index in [-0.39, 0.29) is 11.9 Å². The van der Waals surface area contributed by atoms with Crippen LogP contribution in [-0.4, -0.2) is 125 Å². The number of methoxy groups -OCH3 is 1. The molecule has 0 spiro atoms. The lowest BCUT2D eigenvalue weighted by molar-refractivity contribution is -0.127. The van der Waals surface area contributed by atoms with E-state index in [1.165, 1.54) is 19.4 Å². The highest BCUT2D eigenvalue weighted by molar-refractivity contribution is 5.78. The minimum Gasteiger partial charge on any atom is -0.383 e. The molecule has 8 nitrogen and oxygen atoms in total. The molecule has 0 aromatic heterocycles. The lowest BCUT2D eigenvalue weighted by Gasteiger charge is -2.41. The third-order valence-corrected chi connectivity index (χ3v) is 8.32. The number of nitrogens with zero attached hydrogens (tertiary/aromatic N) is 3. The van der Waals surface area contributed by atoms with E-state index in [1.54, 1.807) is 7.11 Å². The van der Waals surface area contributed by atoms with Crippen LogP contribution < -0.4 is 10.6 Å². The molecule has 8 heteroatoms. The van der Waals surface area contributed by atoms with Gasteiger partial charge in [0, 0.05) is 72.1 Å². The molecule has 2 N–H and O–H groups in total. The molecule has 1 amide bonds. The first-order chi connectivity index (χ1) is 17.8. The van der Waals surface area contributed by atoms with Crippen LogP contribution in [0, 0.1) is 11.3 Å². The summed E-state index contributed by atoms with van der Waals surface area (Å²) in [7, 11) is 1.75. The standard InChI is InChI=1S/C29H57N5O3/c1-6-9-30-23-29(3,4)20-24(2)21-33-10-7-26(8-11-33)37-27-18-25(19-27)31-28(35)22-34-14-12-32(13-15-34)16-17-36-5/h24-27,30H,6-23H2,1-5H3,(H,31,35). The molecule has 3 aliphatic rings. The van der Waals surface area contributed by atoms with Crippen molar-refractivity contribution >= 4 is 5.91 Å². The van der Waals surface area contributed by atoms with Crippen molar-refractivity contribution in [2.75, 3.05) is 85.7 Å². The maximum absolute atomic E-state index is 12.5. The molecular formula is C29H57N5O3. The van der Waals surface area contributed by atoms with Gasteiger partial charge in [-0.05, 0) is 56.4 Å². The first-order valence-electron chi connectivity index (χ1n) is 15.1. The fourth-order valence-corrected chi connectivity index (χ4v) is 6.29. The highest BCUT2D eigenvalue weighted by Crippen LogP contribution is 2.29. The van der Waals surface area contributed by atoms with Crippen LogP contribution in [-0.2, 0) is 14.3 Å². The molecule has 2 heterocycles. The van der Waals surface area contributed by atoms with Gasteiger partial charge in [-0.15, -0.1) is 0 Å². The van der Waals surface area contributed by atoms with Crippen LogP contribution in [0.5, 0.6) is 0 Å². The number of piperazine rings is 1. The van der Waals surface area contributed by atoms with Crippen LogP contribution in [0.15, 0.2) is 0 Å². The quantitative estimate of drug-likeness (QED) is 0.301. The number of rotatable bonds is 16. The third kappa shape index (κ3) is 11.5. The lowest BCUT2D eigenvalue weighted by Crippen LogP contribution is -2.54. The van der Waals surface area contributed by atoms with Crippen LogP contribution in [0.2, 0.25) is 0 Å². The first kappa shape index (κ1) is 30.8. The van der Waals surface area contributed by atoms with E-state index in [9.17, 15) is 4.79 Å². The maximum Gasteiger partial charge on any atom is 0.234 e. The molecule has 1 unspecified atom stereocenters. The number of likely N-dealkylation sites (tertiary alicyclic amines) is 1. The lowest BCUT2D eigenvalue weighted by atomic mass is 9.83. The van der Waals surface area contributed by atoms with E-state index >= 15 is 0 Å². The molecule has 216 valence electrons. The van der Waals surface area contributed by atoms with E-state index in [1.807, 2.05) is 0 Å². The smallest absolute Gasteiger partial charge is 0.234 e. The minimum atomic E-state index is 0.167. The van der Waals surface area contributed by atoms with Gasteiger partial charge < -0.3 is 25.0 Å². The zero-order valence-electron chi connectivity index (χ0n) is 24.6. The van der Waals surface area contributed by atoms with Crippen molar-refractivity contribution in [1.82, 2.24) is 25.3 Å². The monoisotopic (exact) mass is 523 g/mol. The predicted octanol–water partition coefficient (Wildman–Crippen LogP) is 2.43. The van der Waals surface area contributed by atoms with Crippen LogP contribution in [0.1, 0.15) is 66.2 Å². The average molecular weight is 524 g/mol. The average Bonchev–Trinajstić information content (AvgIpc) is 2.83. The summed E-state index contributed by atoms with van der Waals surface area (Å²) in [5, 5.41) is 6.83. The largest absolute Gasteiger partial charge is 0.383 e. The summed E-state index contributed by atoms with van der Waals surface area (Å²) in [4.78, 5) is 19.8. The van der Waals surface area contributed by atoms with E-state index < -0.39 is 0 Å². The van der Waals surface area contributed by atoms with Gasteiger partial charge in [0.05, 0.1) is 25.4 Å². The second kappa shape index (κ2) is 15.7. The van der Waals surface area contributed by atoms with Gasteiger partial charge in [-0.1, -0.05) is 27.7 Å². The number of ether oxygens (including phenoxy) is 2. The van der Waals surface area contributed by atoms with E-state index in [4.69, 9.17) is 9.47 Å². The number of piperidine rings is 1. The molecule has 2 saturated heterocycles. The van der Waals surface area contributed by atoms with Crippen LogP contribution in [0.3, 0.4) is 0 Å². The highest BCUT2D eigenvalue weighted by Gasteiger charge is 2.34. The topological polar surface area (TPSA) is 69.3 Å². The number of hydrogen-bond acceptors (Lipinski definition) is 7. The number of nitrogens with one attached hydrogen (secondary N) is 2. The van der Waals surface area contributed by atoms with E-state index in [0.717, 1.165) is 91.2 Å². The second-order valence-corrected chi connectivity index (χ2v) is 12.8. The number of carbonyl (C=O) groups excluding carboxylic acids is 1. The Kier molecular flexibility index (Phi) is 13.1. The van der Waals surface area contributed by atoms with Gasteiger partial charge in [-0.3, -0.25) is 14.6 Å². The van der Waals surface area contributed by atoms with Crippen molar-refractivity contribution in [1.29, 1.82) is 0 Å². The Morgan fingerprint density at radius 2 is 1.68 bits per heavy atom. The summed E-state index contributed by atoms with van der Waals surface area (Å²) in [5.74, 6) is 0.881. The van der Waals surface area contributed by atoms with Gasteiger partial charge in [0.15, 0.2) is 0 Å². The third-order valence-electron chi connectivity index (χ3n) is 8.32. The van der Waals surface area contributed by atoms with Crippen molar-refractivity contribution in [3.05, 3.63) is 0 Å². The van der Waals surface area contributed by atoms with Gasteiger partial charge in [0.1, 0.15) is 0 Å². The normalized spacial score (nSPS) is 25.6. The van der Waals surface area contributed by atoms with Gasteiger partial charge in [0.25, 0.3) is 0 Å². The van der Waals surface area contributed by atoms with Crippen molar-refractivity contribution in [2.45, 2.75) is 84.5 Å². The Morgan fingerprint density at radius 3 is 2.32 bits per heavy atom. The molecule has 3 fully saturated rings. The second-order valence-electron chi connectivity index (χ2n) is 12.8. The van der Waals surface area contributed by atoms with Crippen molar-refractivity contribution in [2.24, 2.45) is 11.3 Å². The van der Waals surface area contributed by atoms with Crippen LogP contribution >= 0.6 is 0 Å². The zero-order valence-corrected chi connectivity index (χ0v) is 24.6. The summed E-state index contributed by atoms with van der Waals surface area (Å²) < 4.78 is 11.6. The first-order valence-corrected chi connectivity index (χ1v) is 15.1. The number of hydrogen-bond donors (Lipinski definition) is 2. The van der Waals surface area contributed by atoms with Crippen molar-refractivity contribution in [3.63, 3.8) is 0 Å². The van der Waals surface area contributed by atoms with Crippen molar-refractivity contribution in [3.8, 4) is 0 Å². The summed E-state index contributed by atoms with van der Waals surface area (Å²) in [5.41, 5.74) is 0.352. The molecule has 1 saturated carbocycles. The molecule has 0 aromatic carbocycles. The van der Waals surface area contributed by atoms with Crippen LogP contribution in [0.25, 0.3) is 0 Å². The van der Waals surface area contributed by atoms with Crippen molar-refractivity contribution < 1.29 is 14.3 Å². The molecule has 0 radical (unpaired) electrons. The summed E-state index contributed by atoms with van der Waals surface area (Å²) in [6, 6.07) is 0.289. The Morgan fingerprint density at radius 1 is 1.00 bits per heavy atom. The maximum atomic E-state index is 12.5. The summed E-state index contributed by atoms with van der Waals surface area (Å²) in [6.07, 6.45) is 7.38. The minimum absolute atomic E-state index is 0.167. The Labute approximate surface area is 227 Å². The SMILES string of the molecule is CCCNCC(C)(C)CC(C)CN1CCC(OC2CC(NC(=O)CN3CCN(CCOC)CC3)C2)CC1. The predicted molar refractivity (Wildman–Crippen MR) is 151 cm³/mol. The van der Waals surface area contributed by atoms with E-state index in [2.05, 4.69) is 53.0 Å². The molecule has 0 bridgehead atoms. The molecule has 1 aliphatic carbocycles. The van der Waals surface area contributed by atoms with Gasteiger partial charge >= 0.3 is 0 Å². The fourth-order valence-electron chi connectivity index (χ4n) is 6.29. The summed E-state index contributed by atoms with van der Waals surface area (Å²) in [6.45, 7) is 21.4. The Bertz CT molecular complexity index is 641. The molecule has 0 aromatic rings. The van der Waals surface area contributed by atoms with Crippen LogP contribution in [0.4, 0.5) is 0 Å².